The molecule has 4 rings (SSSR count). The highest BCUT2D eigenvalue weighted by Crippen LogP contribution is 2.30. The van der Waals surface area contributed by atoms with Gasteiger partial charge in [0.1, 0.15) is 5.58 Å². The van der Waals surface area contributed by atoms with Gasteiger partial charge in [-0.25, -0.2) is 9.79 Å². The molecule has 0 fully saturated rings. The Kier molecular flexibility index (Phi) is 4.92. The molecule has 0 bridgehead atoms. The number of fused-ring (bicyclic) bond motifs is 3. The monoisotopic (exact) mass is 388 g/mol. The van der Waals surface area contributed by atoms with Gasteiger partial charge in [-0.3, -0.25) is 0 Å². The molecule has 5 heteroatoms. The average Bonchev–Trinajstić information content (AvgIpc) is 2.68. The summed E-state index contributed by atoms with van der Waals surface area (Å²) < 4.78 is 5.42. The molecule has 2 N–H and O–H groups in total. The number of benzene rings is 3. The smallest absolute Gasteiger partial charge is 0.336 e. The summed E-state index contributed by atoms with van der Waals surface area (Å²) in [6.07, 6.45) is 0. The van der Waals surface area contributed by atoms with Crippen molar-refractivity contribution >= 4 is 44.4 Å². The standard InChI is InChI=1S/C23H20N2O2S/c1-14-7-8-15(2)19(11-14)25-23(24)28-13-17-12-21(26)27-20-10-9-16-5-3-4-6-18(16)22(17)20/h3-12H,13H2,1-2H3,(H2,24,25). The summed E-state index contributed by atoms with van der Waals surface area (Å²) in [5.74, 6) is 0.538. The van der Waals surface area contributed by atoms with Crippen molar-refractivity contribution in [3.05, 3.63) is 87.8 Å². The highest BCUT2D eigenvalue weighted by atomic mass is 32.2. The van der Waals surface area contributed by atoms with Crippen molar-refractivity contribution in [2.45, 2.75) is 19.6 Å². The Morgan fingerprint density at radius 2 is 1.89 bits per heavy atom. The Hall–Kier alpha value is -3.05. The highest BCUT2D eigenvalue weighted by Gasteiger charge is 2.10. The first-order chi connectivity index (χ1) is 13.5. The average molecular weight is 388 g/mol. The van der Waals surface area contributed by atoms with Crippen LogP contribution in [0.3, 0.4) is 0 Å². The normalized spacial score (nSPS) is 12.0. The number of nitrogens with two attached hydrogens (primary N) is 1. The van der Waals surface area contributed by atoms with Gasteiger partial charge >= 0.3 is 5.63 Å². The van der Waals surface area contributed by atoms with Crippen LogP contribution in [0, 0.1) is 13.8 Å². The molecular formula is C23H20N2O2S. The van der Waals surface area contributed by atoms with E-state index in [1.54, 1.807) is 6.07 Å². The third-order valence-corrected chi connectivity index (χ3v) is 5.53. The third-order valence-electron chi connectivity index (χ3n) is 4.69. The summed E-state index contributed by atoms with van der Waals surface area (Å²) in [6.45, 7) is 4.04. The minimum Gasteiger partial charge on any atom is -0.423 e. The summed E-state index contributed by atoms with van der Waals surface area (Å²) in [5.41, 5.74) is 10.4. The predicted molar refractivity (Wildman–Crippen MR) is 118 cm³/mol. The summed E-state index contributed by atoms with van der Waals surface area (Å²) >= 11 is 1.42. The number of aryl methyl sites for hydroxylation is 2. The molecule has 0 aliphatic rings. The summed E-state index contributed by atoms with van der Waals surface area (Å²) in [4.78, 5) is 16.6. The molecule has 140 valence electrons. The van der Waals surface area contributed by atoms with Crippen molar-refractivity contribution in [1.82, 2.24) is 0 Å². The van der Waals surface area contributed by atoms with E-state index in [4.69, 9.17) is 10.2 Å². The van der Waals surface area contributed by atoms with Crippen molar-refractivity contribution in [2.75, 3.05) is 0 Å². The van der Waals surface area contributed by atoms with Crippen molar-refractivity contribution in [1.29, 1.82) is 0 Å². The second-order valence-corrected chi connectivity index (χ2v) is 7.77. The SMILES string of the molecule is Cc1ccc(C)c(N=C(N)SCc2cc(=O)oc3ccc4ccccc4c23)c1. The summed E-state index contributed by atoms with van der Waals surface area (Å²) in [7, 11) is 0. The minimum atomic E-state index is -0.358. The van der Waals surface area contributed by atoms with Gasteiger partial charge in [0.05, 0.1) is 5.69 Å². The van der Waals surface area contributed by atoms with Gasteiger partial charge in [-0.2, -0.15) is 0 Å². The van der Waals surface area contributed by atoms with Gasteiger partial charge in [0, 0.05) is 17.2 Å². The van der Waals surface area contributed by atoms with Crippen molar-refractivity contribution in [3.8, 4) is 0 Å². The minimum absolute atomic E-state index is 0.358. The maximum atomic E-state index is 12.0. The molecule has 0 atom stereocenters. The Balaban J connectivity index is 1.71. The predicted octanol–water partition coefficient (Wildman–Crippen LogP) is 5.44. The van der Waals surface area contributed by atoms with Gasteiger partial charge in [0.25, 0.3) is 0 Å². The lowest BCUT2D eigenvalue weighted by atomic mass is 10.0. The molecule has 4 aromatic rings. The summed E-state index contributed by atoms with van der Waals surface area (Å²) in [5, 5.41) is 3.58. The van der Waals surface area contributed by atoms with Crippen LogP contribution in [0.5, 0.6) is 0 Å². The second-order valence-electron chi connectivity index (χ2n) is 6.78. The number of amidine groups is 1. The van der Waals surface area contributed by atoms with E-state index in [9.17, 15) is 4.79 Å². The van der Waals surface area contributed by atoms with E-state index in [1.807, 2.05) is 62.4 Å². The largest absolute Gasteiger partial charge is 0.423 e. The van der Waals surface area contributed by atoms with Crippen LogP contribution in [0.25, 0.3) is 21.7 Å². The molecule has 0 aliphatic carbocycles. The number of nitrogens with zero attached hydrogens (tertiary/aromatic N) is 1. The first-order valence-electron chi connectivity index (χ1n) is 9.00. The first-order valence-corrected chi connectivity index (χ1v) is 9.98. The maximum absolute atomic E-state index is 12.0. The molecule has 0 amide bonds. The van der Waals surface area contributed by atoms with Gasteiger partial charge in [-0.1, -0.05) is 54.2 Å². The van der Waals surface area contributed by atoms with Crippen molar-refractivity contribution in [2.24, 2.45) is 10.7 Å². The Bertz CT molecular complexity index is 1270. The van der Waals surface area contributed by atoms with Gasteiger partial charge in [-0.15, -0.1) is 0 Å². The Morgan fingerprint density at radius 3 is 2.75 bits per heavy atom. The lowest BCUT2D eigenvalue weighted by Crippen LogP contribution is -2.07. The number of rotatable bonds is 3. The van der Waals surface area contributed by atoms with Crippen molar-refractivity contribution < 1.29 is 4.42 Å². The number of hydrogen-bond acceptors (Lipinski definition) is 4. The molecule has 0 saturated heterocycles. The topological polar surface area (TPSA) is 68.6 Å². The Morgan fingerprint density at radius 1 is 1.07 bits per heavy atom. The van der Waals surface area contributed by atoms with Crippen LogP contribution >= 0.6 is 11.8 Å². The van der Waals surface area contributed by atoms with E-state index in [-0.39, 0.29) is 5.63 Å². The van der Waals surface area contributed by atoms with Crippen molar-refractivity contribution in [3.63, 3.8) is 0 Å². The molecular weight excluding hydrogens is 368 g/mol. The van der Waals surface area contributed by atoms with Crippen LogP contribution in [0.4, 0.5) is 5.69 Å². The molecule has 1 heterocycles. The zero-order chi connectivity index (χ0) is 19.7. The fourth-order valence-corrected chi connectivity index (χ4v) is 3.97. The molecule has 0 aliphatic heterocycles. The second kappa shape index (κ2) is 7.52. The van der Waals surface area contributed by atoms with E-state index in [2.05, 4.69) is 11.1 Å². The van der Waals surface area contributed by atoms with Crippen LogP contribution < -0.4 is 11.4 Å². The number of hydrogen-bond donors (Lipinski definition) is 1. The quantitative estimate of drug-likeness (QED) is 0.219. The van der Waals surface area contributed by atoms with Gasteiger partial charge in [0.2, 0.25) is 0 Å². The number of thioether (sulfide) groups is 1. The molecule has 3 aromatic carbocycles. The third kappa shape index (κ3) is 3.66. The fraction of sp³-hybridized carbons (Fsp3) is 0.130. The first kappa shape index (κ1) is 18.3. The molecule has 1 aromatic heterocycles. The van der Waals surface area contributed by atoms with E-state index < -0.39 is 0 Å². The van der Waals surface area contributed by atoms with Crippen LogP contribution in [0.1, 0.15) is 16.7 Å². The van der Waals surface area contributed by atoms with E-state index in [0.29, 0.717) is 16.5 Å². The molecule has 4 nitrogen and oxygen atoms in total. The van der Waals surface area contributed by atoms with Gasteiger partial charge in [-0.05, 0) is 53.4 Å². The van der Waals surface area contributed by atoms with E-state index in [0.717, 1.165) is 38.5 Å². The molecule has 0 radical (unpaired) electrons. The lowest BCUT2D eigenvalue weighted by molar-refractivity contribution is 0.560. The molecule has 0 spiro atoms. The lowest BCUT2D eigenvalue weighted by Gasteiger charge is -2.09. The van der Waals surface area contributed by atoms with Crippen LogP contribution in [0.2, 0.25) is 0 Å². The summed E-state index contributed by atoms with van der Waals surface area (Å²) in [6, 6.07) is 19.5. The van der Waals surface area contributed by atoms with Crippen LogP contribution in [0.15, 0.2) is 74.9 Å². The van der Waals surface area contributed by atoms with Gasteiger partial charge < -0.3 is 10.2 Å². The Labute approximate surface area is 167 Å². The number of aliphatic imine (C=N–C) groups is 1. The molecule has 0 saturated carbocycles. The van der Waals surface area contributed by atoms with E-state index in [1.165, 1.54) is 11.8 Å². The van der Waals surface area contributed by atoms with Crippen LogP contribution in [-0.4, -0.2) is 5.17 Å². The fourth-order valence-electron chi connectivity index (χ4n) is 3.28. The highest BCUT2D eigenvalue weighted by molar-refractivity contribution is 8.13. The molecule has 0 unspecified atom stereocenters. The molecule has 28 heavy (non-hydrogen) atoms. The zero-order valence-electron chi connectivity index (χ0n) is 15.7. The maximum Gasteiger partial charge on any atom is 0.336 e. The zero-order valence-corrected chi connectivity index (χ0v) is 16.5. The van der Waals surface area contributed by atoms with E-state index >= 15 is 0 Å². The van der Waals surface area contributed by atoms with Gasteiger partial charge in [0.15, 0.2) is 5.17 Å². The van der Waals surface area contributed by atoms with Crippen LogP contribution in [-0.2, 0) is 5.75 Å².